The number of pyridine rings is 1. The van der Waals surface area contributed by atoms with Crippen LogP contribution in [0.3, 0.4) is 0 Å². The number of carbonyl (C=O) groups excluding carboxylic acids is 4. The highest BCUT2D eigenvalue weighted by molar-refractivity contribution is 6.99. The first-order valence-electron chi connectivity index (χ1n) is 19.2. The molecule has 2 aromatic carbocycles. The molecular weight excluding hydrogens is 697 g/mol. The SMILES string of the molecule is CCCCN1C(=O)C(=C(N)N)C(=O)N(C2CCC3(CC2)CC2(C3)C(=O)Nc3ccc(C(C)O[Si](c4ccccc4)(c4ccccc4)C(C)(C)C)nc32)C1=O. The van der Waals surface area contributed by atoms with Crippen LogP contribution in [0, 0.1) is 5.41 Å². The zero-order valence-corrected chi connectivity index (χ0v) is 33.0. The summed E-state index contributed by atoms with van der Waals surface area (Å²) in [6.45, 7) is 11.0. The molecule has 3 heterocycles. The van der Waals surface area contributed by atoms with E-state index in [4.69, 9.17) is 20.9 Å². The summed E-state index contributed by atoms with van der Waals surface area (Å²) in [6, 6.07) is 24.0. The van der Waals surface area contributed by atoms with Gasteiger partial charge in [-0.05, 0) is 84.8 Å². The zero-order chi connectivity index (χ0) is 38.6. The predicted octanol–water partition coefficient (Wildman–Crippen LogP) is 5.35. The third kappa shape index (κ3) is 5.94. The number of urea groups is 1. The van der Waals surface area contributed by atoms with Crippen molar-refractivity contribution in [2.75, 3.05) is 11.9 Å². The lowest BCUT2D eigenvalue weighted by Crippen LogP contribution is -2.66. The van der Waals surface area contributed by atoms with E-state index in [0.29, 0.717) is 32.1 Å². The molecule has 2 aliphatic heterocycles. The van der Waals surface area contributed by atoms with Gasteiger partial charge >= 0.3 is 6.03 Å². The maximum absolute atomic E-state index is 13.8. The number of hydrogen-bond acceptors (Lipinski definition) is 8. The number of rotatable bonds is 9. The fourth-order valence-corrected chi connectivity index (χ4v) is 14.3. The predicted molar refractivity (Wildman–Crippen MR) is 210 cm³/mol. The van der Waals surface area contributed by atoms with Gasteiger partial charge in [-0.3, -0.25) is 29.2 Å². The molecule has 284 valence electrons. The fourth-order valence-electron chi connectivity index (χ4n) is 9.65. The van der Waals surface area contributed by atoms with Gasteiger partial charge in [-0.15, -0.1) is 0 Å². The third-order valence-corrected chi connectivity index (χ3v) is 17.4. The molecule has 54 heavy (non-hydrogen) atoms. The van der Waals surface area contributed by atoms with E-state index in [1.165, 1.54) is 15.3 Å². The number of imide groups is 2. The van der Waals surface area contributed by atoms with E-state index in [-0.39, 0.29) is 40.4 Å². The van der Waals surface area contributed by atoms with Crippen molar-refractivity contribution in [3.63, 3.8) is 0 Å². The first kappa shape index (κ1) is 37.5. The molecule has 2 aliphatic carbocycles. The van der Waals surface area contributed by atoms with E-state index in [1.54, 1.807) is 0 Å². The van der Waals surface area contributed by atoms with Gasteiger partial charge in [0.1, 0.15) is 11.4 Å². The van der Waals surface area contributed by atoms with Gasteiger partial charge in [0.15, 0.2) is 0 Å². The van der Waals surface area contributed by atoms with E-state index < -0.39 is 37.6 Å². The summed E-state index contributed by atoms with van der Waals surface area (Å²) >= 11 is 0. The molecule has 4 aliphatic rings. The molecular formula is C42H52N6O5Si. The molecule has 12 heteroatoms. The van der Waals surface area contributed by atoms with Crippen molar-refractivity contribution in [3.8, 4) is 0 Å². The summed E-state index contributed by atoms with van der Waals surface area (Å²) in [5, 5.41) is 5.29. The Morgan fingerprint density at radius 1 is 0.926 bits per heavy atom. The van der Waals surface area contributed by atoms with Gasteiger partial charge in [0.25, 0.3) is 20.1 Å². The number of hydrogen-bond donors (Lipinski definition) is 3. The summed E-state index contributed by atoms with van der Waals surface area (Å²) in [6.07, 6.45) is 4.87. The van der Waals surface area contributed by atoms with Gasteiger partial charge in [-0.2, -0.15) is 0 Å². The molecule has 5 amide bonds. The Balaban J connectivity index is 1.12. The number of nitrogens with zero attached hydrogens (tertiary/aromatic N) is 3. The number of unbranched alkanes of at least 4 members (excludes halogenated alkanes) is 1. The Kier molecular flexibility index (Phi) is 9.58. The molecule has 0 bridgehead atoms. The van der Waals surface area contributed by atoms with Crippen LogP contribution < -0.4 is 27.2 Å². The van der Waals surface area contributed by atoms with E-state index in [9.17, 15) is 19.2 Å². The van der Waals surface area contributed by atoms with Gasteiger partial charge in [0, 0.05) is 12.6 Å². The van der Waals surface area contributed by atoms with Crippen LogP contribution >= 0.6 is 0 Å². The van der Waals surface area contributed by atoms with E-state index in [2.05, 4.69) is 81.5 Å². The molecule has 0 radical (unpaired) electrons. The zero-order valence-electron chi connectivity index (χ0n) is 32.0. The third-order valence-electron chi connectivity index (χ3n) is 12.3. The van der Waals surface area contributed by atoms with Crippen LogP contribution in [0.4, 0.5) is 10.5 Å². The van der Waals surface area contributed by atoms with Gasteiger partial charge in [-0.1, -0.05) is 94.8 Å². The highest BCUT2D eigenvalue weighted by atomic mass is 28.4. The lowest BCUT2D eigenvalue weighted by Gasteiger charge is -2.56. The number of carbonyl (C=O) groups is 4. The van der Waals surface area contributed by atoms with Crippen LogP contribution in [0.2, 0.25) is 5.04 Å². The molecule has 1 unspecified atom stereocenters. The number of amides is 5. The maximum atomic E-state index is 13.8. The van der Waals surface area contributed by atoms with Crippen molar-refractivity contribution in [1.29, 1.82) is 0 Å². The minimum absolute atomic E-state index is 0.0323. The standard InChI is InChI=1S/C42H52N6O5Si/c1-6-7-24-47-36(49)33(35(43)44)37(50)48(39(47)52)28-20-22-41(23-21-28)25-42(26-41)34-32(46-38(42)51)19-18-31(45-34)27(2)53-54(40(3,4)5,29-14-10-8-11-15-29)30-16-12-9-13-17-30/h8-19,27-28H,6-7,20-26,43-44H2,1-5H3,(H,46,51). The molecule has 11 nitrogen and oxygen atoms in total. The highest BCUT2D eigenvalue weighted by Gasteiger charge is 2.64. The summed E-state index contributed by atoms with van der Waals surface area (Å²) in [5.41, 5.74) is 12.7. The summed E-state index contributed by atoms with van der Waals surface area (Å²) in [5.74, 6) is -1.86. The van der Waals surface area contributed by atoms with Gasteiger partial charge in [0.05, 0.1) is 28.6 Å². The molecule has 1 aromatic heterocycles. The van der Waals surface area contributed by atoms with Crippen molar-refractivity contribution < 1.29 is 23.6 Å². The van der Waals surface area contributed by atoms with Crippen LogP contribution in [0.25, 0.3) is 0 Å². The Hall–Kier alpha value is -4.81. The minimum atomic E-state index is -2.87. The topological polar surface area (TPSA) is 161 Å². The smallest absolute Gasteiger partial charge is 0.334 e. The summed E-state index contributed by atoms with van der Waals surface area (Å²) < 4.78 is 7.39. The van der Waals surface area contributed by atoms with Crippen molar-refractivity contribution >= 4 is 48.1 Å². The molecule has 5 N–H and O–H groups in total. The van der Waals surface area contributed by atoms with Crippen molar-refractivity contribution in [3.05, 3.63) is 95.6 Å². The van der Waals surface area contributed by atoms with Gasteiger partial charge in [0.2, 0.25) is 5.91 Å². The summed E-state index contributed by atoms with van der Waals surface area (Å²) in [4.78, 5) is 61.4. The van der Waals surface area contributed by atoms with Crippen molar-refractivity contribution in [2.24, 2.45) is 16.9 Å². The minimum Gasteiger partial charge on any atom is -0.399 e. The normalized spacial score (nSPS) is 24.8. The van der Waals surface area contributed by atoms with Crippen molar-refractivity contribution in [1.82, 2.24) is 14.8 Å². The molecule has 3 aromatic rings. The van der Waals surface area contributed by atoms with Crippen LogP contribution in [0.1, 0.15) is 103 Å². The number of benzene rings is 2. The number of aromatic nitrogens is 1. The molecule has 2 saturated carbocycles. The Morgan fingerprint density at radius 2 is 1.52 bits per heavy atom. The lowest BCUT2D eigenvalue weighted by atomic mass is 9.47. The number of nitrogens with two attached hydrogens (primary N) is 2. The quantitative estimate of drug-likeness (QED) is 0.150. The second-order valence-electron chi connectivity index (χ2n) is 16.8. The Bertz CT molecular complexity index is 1950. The lowest BCUT2D eigenvalue weighted by molar-refractivity contribution is -0.139. The average Bonchev–Trinajstić information content (AvgIpc) is 3.41. The van der Waals surface area contributed by atoms with Gasteiger partial charge < -0.3 is 21.2 Å². The Morgan fingerprint density at radius 3 is 2.06 bits per heavy atom. The van der Waals surface area contributed by atoms with Crippen LogP contribution in [0.15, 0.2) is 84.2 Å². The number of barbiturate groups is 1. The first-order chi connectivity index (χ1) is 25.7. The van der Waals surface area contributed by atoms with Gasteiger partial charge in [-0.25, -0.2) is 4.79 Å². The van der Waals surface area contributed by atoms with E-state index >= 15 is 0 Å². The molecule has 1 saturated heterocycles. The van der Waals surface area contributed by atoms with E-state index in [1.807, 2.05) is 31.2 Å². The van der Waals surface area contributed by atoms with Crippen molar-refractivity contribution in [2.45, 2.75) is 109 Å². The highest BCUT2D eigenvalue weighted by Crippen LogP contribution is 2.65. The summed E-state index contributed by atoms with van der Waals surface area (Å²) in [7, 11) is -2.87. The fraction of sp³-hybridized carbons (Fsp3) is 0.452. The second kappa shape index (κ2) is 13.8. The first-order valence-corrected chi connectivity index (χ1v) is 21.2. The molecule has 3 fully saturated rings. The monoisotopic (exact) mass is 748 g/mol. The number of anilines is 1. The Labute approximate surface area is 318 Å². The van der Waals surface area contributed by atoms with Crippen LogP contribution in [0.5, 0.6) is 0 Å². The molecule has 1 atom stereocenters. The van der Waals surface area contributed by atoms with E-state index in [0.717, 1.165) is 41.2 Å². The van der Waals surface area contributed by atoms with Crippen LogP contribution in [-0.2, 0) is 24.2 Å². The second-order valence-corrected chi connectivity index (χ2v) is 21.0. The number of nitrogens with one attached hydrogen (secondary N) is 1. The largest absolute Gasteiger partial charge is 0.399 e. The number of fused-ring (bicyclic) bond motifs is 2. The average molecular weight is 749 g/mol. The van der Waals surface area contributed by atoms with Crippen LogP contribution in [-0.4, -0.2) is 59.4 Å². The molecule has 2 spiro atoms. The molecule has 7 rings (SSSR count). The maximum Gasteiger partial charge on any atom is 0.334 e.